The molecule has 0 amide bonds. The number of nitrogens with zero attached hydrogens (tertiary/aromatic N) is 1. The number of benzene rings is 1. The molecule has 0 saturated heterocycles. The highest BCUT2D eigenvalue weighted by atomic mass is 32.2. The lowest BCUT2D eigenvalue weighted by atomic mass is 10.3. The fourth-order valence-corrected chi connectivity index (χ4v) is 2.58. The largest absolute Gasteiger partial charge is 0.342 e. The van der Waals surface area contributed by atoms with E-state index in [4.69, 9.17) is 5.73 Å². The standard InChI is InChI=1S/C11H15N3O2S/c1-17(15,16)9-5-2-4-8-11(9)14-10(13-8)6-3-7-12/h2,4-5H,3,6-7,12H2,1H3,(H,13,14). The number of nitrogens with one attached hydrogen (secondary N) is 1. The molecule has 92 valence electrons. The van der Waals surface area contributed by atoms with E-state index >= 15 is 0 Å². The van der Waals surface area contributed by atoms with Crippen molar-refractivity contribution in [1.29, 1.82) is 0 Å². The fraction of sp³-hybridized carbons (Fsp3) is 0.364. The molecule has 5 nitrogen and oxygen atoms in total. The van der Waals surface area contributed by atoms with Gasteiger partial charge in [0.1, 0.15) is 11.3 Å². The Hall–Kier alpha value is -1.40. The number of hydrogen-bond acceptors (Lipinski definition) is 4. The molecule has 1 aromatic carbocycles. The molecule has 0 aliphatic heterocycles. The minimum absolute atomic E-state index is 0.269. The van der Waals surface area contributed by atoms with Crippen molar-refractivity contribution in [3.63, 3.8) is 0 Å². The van der Waals surface area contributed by atoms with Gasteiger partial charge in [-0.25, -0.2) is 13.4 Å². The molecule has 17 heavy (non-hydrogen) atoms. The van der Waals surface area contributed by atoms with Crippen molar-refractivity contribution in [3.05, 3.63) is 24.0 Å². The highest BCUT2D eigenvalue weighted by molar-refractivity contribution is 7.91. The molecule has 2 rings (SSSR count). The number of sulfone groups is 1. The molecule has 2 aromatic rings. The molecular formula is C11H15N3O2S. The van der Waals surface area contributed by atoms with E-state index in [1.54, 1.807) is 12.1 Å². The van der Waals surface area contributed by atoms with Crippen LogP contribution in [0.2, 0.25) is 0 Å². The van der Waals surface area contributed by atoms with E-state index in [1.807, 2.05) is 6.07 Å². The van der Waals surface area contributed by atoms with Gasteiger partial charge in [0, 0.05) is 12.7 Å². The van der Waals surface area contributed by atoms with Gasteiger partial charge in [0.25, 0.3) is 0 Å². The first-order chi connectivity index (χ1) is 8.02. The second-order valence-electron chi connectivity index (χ2n) is 4.00. The van der Waals surface area contributed by atoms with Crippen molar-refractivity contribution in [1.82, 2.24) is 9.97 Å². The maximum absolute atomic E-state index is 11.6. The van der Waals surface area contributed by atoms with Crippen molar-refractivity contribution < 1.29 is 8.42 Å². The molecule has 0 unspecified atom stereocenters. The van der Waals surface area contributed by atoms with Crippen LogP contribution >= 0.6 is 0 Å². The Morgan fingerprint density at radius 3 is 2.82 bits per heavy atom. The van der Waals surface area contributed by atoms with Crippen LogP contribution in [0.1, 0.15) is 12.2 Å². The number of aromatic nitrogens is 2. The van der Waals surface area contributed by atoms with E-state index in [1.165, 1.54) is 6.26 Å². The minimum Gasteiger partial charge on any atom is -0.342 e. The van der Waals surface area contributed by atoms with Gasteiger partial charge in [-0.05, 0) is 25.1 Å². The van der Waals surface area contributed by atoms with Gasteiger partial charge >= 0.3 is 0 Å². The van der Waals surface area contributed by atoms with Gasteiger partial charge < -0.3 is 10.7 Å². The smallest absolute Gasteiger partial charge is 0.177 e. The monoisotopic (exact) mass is 253 g/mol. The molecule has 0 radical (unpaired) electrons. The molecule has 0 aliphatic carbocycles. The van der Waals surface area contributed by atoms with Gasteiger partial charge in [0.2, 0.25) is 0 Å². The molecule has 0 saturated carbocycles. The number of rotatable bonds is 4. The van der Waals surface area contributed by atoms with Crippen LogP contribution in [0.4, 0.5) is 0 Å². The first-order valence-electron chi connectivity index (χ1n) is 5.40. The summed E-state index contributed by atoms with van der Waals surface area (Å²) in [7, 11) is -3.24. The Bertz CT molecular complexity index is 631. The Balaban J connectivity index is 2.53. The quantitative estimate of drug-likeness (QED) is 0.845. The zero-order valence-corrected chi connectivity index (χ0v) is 10.4. The van der Waals surface area contributed by atoms with Crippen LogP contribution < -0.4 is 5.73 Å². The van der Waals surface area contributed by atoms with E-state index in [0.717, 1.165) is 24.2 Å². The third kappa shape index (κ3) is 2.48. The zero-order valence-electron chi connectivity index (χ0n) is 9.60. The summed E-state index contributed by atoms with van der Waals surface area (Å²) < 4.78 is 23.2. The van der Waals surface area contributed by atoms with E-state index < -0.39 is 9.84 Å². The third-order valence-corrected chi connectivity index (χ3v) is 3.67. The zero-order chi connectivity index (χ0) is 12.5. The molecule has 1 aromatic heterocycles. The lowest BCUT2D eigenvalue weighted by Gasteiger charge is -1.97. The molecule has 0 fully saturated rings. The number of hydrogen-bond donors (Lipinski definition) is 2. The number of imidazole rings is 1. The molecule has 1 heterocycles. The van der Waals surface area contributed by atoms with Crippen LogP contribution in [0, 0.1) is 0 Å². The maximum Gasteiger partial charge on any atom is 0.177 e. The third-order valence-electron chi connectivity index (χ3n) is 2.54. The minimum atomic E-state index is -3.24. The van der Waals surface area contributed by atoms with Crippen LogP contribution in [0.25, 0.3) is 11.0 Å². The maximum atomic E-state index is 11.6. The van der Waals surface area contributed by atoms with Crippen molar-refractivity contribution in [2.75, 3.05) is 12.8 Å². The lowest BCUT2D eigenvalue weighted by Crippen LogP contribution is -2.01. The average Bonchev–Trinajstić information content (AvgIpc) is 2.66. The number of nitrogens with two attached hydrogens (primary N) is 1. The van der Waals surface area contributed by atoms with Gasteiger partial charge in [-0.2, -0.15) is 0 Å². The summed E-state index contributed by atoms with van der Waals surface area (Å²) in [5, 5.41) is 0. The van der Waals surface area contributed by atoms with Crippen LogP contribution in [-0.4, -0.2) is 31.2 Å². The summed E-state index contributed by atoms with van der Waals surface area (Å²) in [6.45, 7) is 0.593. The van der Waals surface area contributed by atoms with Gasteiger partial charge in [-0.3, -0.25) is 0 Å². The topological polar surface area (TPSA) is 88.8 Å². The predicted molar refractivity (Wildman–Crippen MR) is 66.6 cm³/mol. The SMILES string of the molecule is CS(=O)(=O)c1cccc2[nH]c(CCCN)nc12. The van der Waals surface area contributed by atoms with Crippen LogP contribution in [0.3, 0.4) is 0 Å². The fourth-order valence-electron chi connectivity index (χ4n) is 1.74. The van der Waals surface area contributed by atoms with Crippen molar-refractivity contribution in [2.24, 2.45) is 5.73 Å². The summed E-state index contributed by atoms with van der Waals surface area (Å²) >= 11 is 0. The lowest BCUT2D eigenvalue weighted by molar-refractivity contribution is 0.602. The molecule has 0 atom stereocenters. The molecular weight excluding hydrogens is 238 g/mol. The van der Waals surface area contributed by atoms with Crippen molar-refractivity contribution in [3.8, 4) is 0 Å². The van der Waals surface area contributed by atoms with Gasteiger partial charge in [0.15, 0.2) is 9.84 Å². The Morgan fingerprint density at radius 2 is 2.18 bits per heavy atom. The summed E-state index contributed by atoms with van der Waals surface area (Å²) in [5.74, 6) is 0.779. The molecule has 0 bridgehead atoms. The Labute approximate surface area is 100.0 Å². The molecule has 3 N–H and O–H groups in total. The van der Waals surface area contributed by atoms with Crippen molar-refractivity contribution in [2.45, 2.75) is 17.7 Å². The van der Waals surface area contributed by atoms with Crippen molar-refractivity contribution >= 4 is 20.9 Å². The first-order valence-corrected chi connectivity index (χ1v) is 7.29. The van der Waals surface area contributed by atoms with E-state index in [-0.39, 0.29) is 4.90 Å². The summed E-state index contributed by atoms with van der Waals surface area (Å²) in [4.78, 5) is 7.71. The number of aryl methyl sites for hydroxylation is 1. The second kappa shape index (κ2) is 4.46. The Kier molecular flexibility index (Phi) is 3.17. The molecule has 0 aliphatic rings. The summed E-state index contributed by atoms with van der Waals surface area (Å²) in [6.07, 6.45) is 2.75. The van der Waals surface area contributed by atoms with E-state index in [9.17, 15) is 8.42 Å². The Morgan fingerprint density at radius 1 is 1.41 bits per heavy atom. The highest BCUT2D eigenvalue weighted by Gasteiger charge is 2.14. The van der Waals surface area contributed by atoms with Crippen LogP contribution in [0.5, 0.6) is 0 Å². The number of fused-ring (bicyclic) bond motifs is 1. The predicted octanol–water partition coefficient (Wildman–Crippen LogP) is 0.858. The highest BCUT2D eigenvalue weighted by Crippen LogP contribution is 2.21. The number of H-pyrrole nitrogens is 1. The van der Waals surface area contributed by atoms with Gasteiger partial charge in [-0.15, -0.1) is 0 Å². The average molecular weight is 253 g/mol. The molecule has 0 spiro atoms. The van der Waals surface area contributed by atoms with Gasteiger partial charge in [-0.1, -0.05) is 6.07 Å². The summed E-state index contributed by atoms with van der Waals surface area (Å²) in [5.41, 5.74) is 6.70. The van der Waals surface area contributed by atoms with Crippen LogP contribution in [0.15, 0.2) is 23.1 Å². The van der Waals surface area contributed by atoms with Crippen LogP contribution in [-0.2, 0) is 16.3 Å². The normalized spacial score (nSPS) is 12.1. The number of para-hydroxylation sites is 1. The second-order valence-corrected chi connectivity index (χ2v) is 5.98. The van der Waals surface area contributed by atoms with Gasteiger partial charge in [0.05, 0.1) is 10.4 Å². The summed E-state index contributed by atoms with van der Waals surface area (Å²) in [6, 6.07) is 5.11. The molecule has 6 heteroatoms. The van der Waals surface area contributed by atoms with E-state index in [0.29, 0.717) is 12.1 Å². The number of aromatic amines is 1. The first kappa shape index (κ1) is 12.1. The van der Waals surface area contributed by atoms with E-state index in [2.05, 4.69) is 9.97 Å².